The van der Waals surface area contributed by atoms with Crippen molar-refractivity contribution in [2.75, 3.05) is 21.3 Å². The maximum atomic E-state index is 12.7. The Morgan fingerprint density at radius 1 is 0.824 bits per heavy atom. The van der Waals surface area contributed by atoms with Gasteiger partial charge in [-0.2, -0.15) is 0 Å². The number of nitro groups is 1. The minimum atomic E-state index is -0.697. The van der Waals surface area contributed by atoms with Crippen LogP contribution in [0.25, 0.3) is 6.08 Å². The molecule has 0 fully saturated rings. The van der Waals surface area contributed by atoms with Crippen molar-refractivity contribution in [2.24, 2.45) is 0 Å². The Bertz CT molecular complexity index is 1250. The molecule has 9 heteroatoms. The third-order valence-corrected chi connectivity index (χ3v) is 4.80. The molecule has 0 aliphatic rings. The zero-order valence-electron chi connectivity index (χ0n) is 18.6. The number of allylic oxidation sites excluding steroid dienone is 1. The molecule has 0 saturated heterocycles. The van der Waals surface area contributed by atoms with Crippen LogP contribution in [0.4, 0.5) is 5.69 Å². The number of ether oxygens (including phenoxy) is 4. The van der Waals surface area contributed by atoms with Crippen LogP contribution in [0, 0.1) is 10.1 Å². The summed E-state index contributed by atoms with van der Waals surface area (Å²) in [5.74, 6) is 0.382. The van der Waals surface area contributed by atoms with E-state index in [0.717, 1.165) is 0 Å². The molecular weight excluding hydrogens is 442 g/mol. The number of nitrogens with zero attached hydrogens (tertiary/aromatic N) is 1. The maximum absolute atomic E-state index is 12.7. The third kappa shape index (κ3) is 5.57. The standard InChI is InChI=1S/C25H21NO8/c1-31-19-10-13-22(32-2)20(15-19)21(27)11-4-16-5-12-23(24(14-16)33-3)34-25(28)17-6-8-18(9-7-17)26(29)30/h4-15H,1-3H3. The largest absolute Gasteiger partial charge is 0.497 e. The predicted octanol–water partition coefficient (Wildman–Crippen LogP) is 4.74. The first-order chi connectivity index (χ1) is 16.4. The number of hydrogen-bond donors (Lipinski definition) is 0. The van der Waals surface area contributed by atoms with Crippen LogP contribution in [0.5, 0.6) is 23.0 Å². The zero-order chi connectivity index (χ0) is 24.7. The number of carbonyl (C=O) groups is 2. The summed E-state index contributed by atoms with van der Waals surface area (Å²) >= 11 is 0. The van der Waals surface area contributed by atoms with Gasteiger partial charge in [0.15, 0.2) is 17.3 Å². The highest BCUT2D eigenvalue weighted by Gasteiger charge is 2.15. The summed E-state index contributed by atoms with van der Waals surface area (Å²) < 4.78 is 21.1. The van der Waals surface area contributed by atoms with Crippen LogP contribution in [-0.4, -0.2) is 38.0 Å². The van der Waals surface area contributed by atoms with Crippen molar-refractivity contribution in [1.29, 1.82) is 0 Å². The summed E-state index contributed by atoms with van der Waals surface area (Å²) in [6.07, 6.45) is 2.97. The lowest BCUT2D eigenvalue weighted by Gasteiger charge is -2.10. The van der Waals surface area contributed by atoms with E-state index in [4.69, 9.17) is 18.9 Å². The van der Waals surface area contributed by atoms with E-state index in [9.17, 15) is 19.7 Å². The van der Waals surface area contributed by atoms with Crippen molar-refractivity contribution < 1.29 is 33.5 Å². The maximum Gasteiger partial charge on any atom is 0.343 e. The highest BCUT2D eigenvalue weighted by Crippen LogP contribution is 2.30. The van der Waals surface area contributed by atoms with E-state index in [0.29, 0.717) is 22.6 Å². The van der Waals surface area contributed by atoms with Crippen molar-refractivity contribution in [2.45, 2.75) is 0 Å². The number of benzene rings is 3. The van der Waals surface area contributed by atoms with Crippen LogP contribution in [0.1, 0.15) is 26.3 Å². The number of rotatable bonds is 9. The molecule has 0 heterocycles. The van der Waals surface area contributed by atoms with Crippen LogP contribution < -0.4 is 18.9 Å². The molecule has 0 aliphatic carbocycles. The van der Waals surface area contributed by atoms with E-state index < -0.39 is 10.9 Å². The molecule has 9 nitrogen and oxygen atoms in total. The molecule has 3 rings (SSSR count). The second kappa shape index (κ2) is 10.8. The van der Waals surface area contributed by atoms with Gasteiger partial charge in [-0.15, -0.1) is 0 Å². The highest BCUT2D eigenvalue weighted by molar-refractivity contribution is 6.09. The Balaban J connectivity index is 1.77. The molecule has 0 atom stereocenters. The third-order valence-electron chi connectivity index (χ3n) is 4.80. The second-order valence-electron chi connectivity index (χ2n) is 6.87. The van der Waals surface area contributed by atoms with Crippen molar-refractivity contribution in [3.05, 3.63) is 93.5 Å². The molecule has 3 aromatic carbocycles. The van der Waals surface area contributed by atoms with Crippen molar-refractivity contribution in [3.8, 4) is 23.0 Å². The van der Waals surface area contributed by atoms with Gasteiger partial charge in [-0.1, -0.05) is 12.1 Å². The fourth-order valence-corrected chi connectivity index (χ4v) is 3.02. The quantitative estimate of drug-likeness (QED) is 0.112. The Kier molecular flexibility index (Phi) is 7.60. The van der Waals surface area contributed by atoms with E-state index in [1.807, 2.05) is 0 Å². The summed E-state index contributed by atoms with van der Waals surface area (Å²) in [5.41, 5.74) is 0.988. The van der Waals surface area contributed by atoms with Gasteiger partial charge >= 0.3 is 5.97 Å². The van der Waals surface area contributed by atoms with Crippen molar-refractivity contribution >= 4 is 23.5 Å². The Labute approximate surface area is 195 Å². The van der Waals surface area contributed by atoms with Gasteiger partial charge in [0.1, 0.15) is 11.5 Å². The number of nitro benzene ring substituents is 1. The first kappa shape index (κ1) is 24.0. The van der Waals surface area contributed by atoms with Crippen molar-refractivity contribution in [1.82, 2.24) is 0 Å². The lowest BCUT2D eigenvalue weighted by Crippen LogP contribution is -2.09. The first-order valence-corrected chi connectivity index (χ1v) is 9.95. The van der Waals surface area contributed by atoms with Crippen LogP contribution >= 0.6 is 0 Å². The van der Waals surface area contributed by atoms with Gasteiger partial charge < -0.3 is 18.9 Å². The summed E-state index contributed by atoms with van der Waals surface area (Å²) in [4.78, 5) is 35.3. The topological polar surface area (TPSA) is 114 Å². The van der Waals surface area contributed by atoms with Gasteiger partial charge in [-0.3, -0.25) is 14.9 Å². The molecule has 0 spiro atoms. The Morgan fingerprint density at radius 2 is 1.50 bits per heavy atom. The molecule has 0 saturated carbocycles. The molecule has 0 N–H and O–H groups in total. The van der Waals surface area contributed by atoms with Gasteiger partial charge in [0.05, 0.1) is 37.4 Å². The summed E-state index contributed by atoms with van der Waals surface area (Å²) in [5, 5.41) is 10.8. The zero-order valence-corrected chi connectivity index (χ0v) is 18.6. The SMILES string of the molecule is COc1ccc(OC)c(C(=O)C=Cc2ccc(OC(=O)c3ccc([N+](=O)[O-])cc3)c(OC)c2)c1. The van der Waals surface area contributed by atoms with E-state index in [-0.39, 0.29) is 28.5 Å². The number of esters is 1. The molecule has 0 amide bonds. The number of methoxy groups -OCH3 is 3. The average molecular weight is 463 g/mol. The molecule has 3 aromatic rings. The number of ketones is 1. The highest BCUT2D eigenvalue weighted by atomic mass is 16.6. The fourth-order valence-electron chi connectivity index (χ4n) is 3.02. The monoisotopic (exact) mass is 463 g/mol. The van der Waals surface area contributed by atoms with Gasteiger partial charge in [0.2, 0.25) is 0 Å². The van der Waals surface area contributed by atoms with E-state index >= 15 is 0 Å². The minimum Gasteiger partial charge on any atom is -0.497 e. The molecule has 174 valence electrons. The number of non-ortho nitro benzene ring substituents is 1. The second-order valence-corrected chi connectivity index (χ2v) is 6.87. The first-order valence-electron chi connectivity index (χ1n) is 9.95. The molecule has 0 bridgehead atoms. The summed E-state index contributed by atoms with van der Waals surface area (Å²) in [7, 11) is 4.40. The molecule has 34 heavy (non-hydrogen) atoms. The molecule has 0 aromatic heterocycles. The summed E-state index contributed by atoms with van der Waals surface area (Å²) in [6.45, 7) is 0. The van der Waals surface area contributed by atoms with Gasteiger partial charge in [0.25, 0.3) is 5.69 Å². The molecule has 0 aliphatic heterocycles. The normalized spacial score (nSPS) is 10.6. The van der Waals surface area contributed by atoms with E-state index in [1.165, 1.54) is 57.7 Å². The number of carbonyl (C=O) groups excluding carboxylic acids is 2. The van der Waals surface area contributed by atoms with E-state index in [2.05, 4.69) is 0 Å². The molecule has 0 radical (unpaired) electrons. The van der Waals surface area contributed by atoms with Crippen LogP contribution in [0.2, 0.25) is 0 Å². The van der Waals surface area contributed by atoms with Gasteiger partial charge in [-0.25, -0.2) is 4.79 Å². The molecule has 0 unspecified atom stereocenters. The molecular formula is C25H21NO8. The lowest BCUT2D eigenvalue weighted by atomic mass is 10.1. The van der Waals surface area contributed by atoms with E-state index in [1.54, 1.807) is 36.4 Å². The predicted molar refractivity (Wildman–Crippen MR) is 124 cm³/mol. The Morgan fingerprint density at radius 3 is 2.12 bits per heavy atom. The smallest absolute Gasteiger partial charge is 0.343 e. The fraction of sp³-hybridized carbons (Fsp3) is 0.120. The van der Waals surface area contributed by atoms with Gasteiger partial charge in [-0.05, 0) is 54.1 Å². The van der Waals surface area contributed by atoms with Crippen LogP contribution in [0.3, 0.4) is 0 Å². The minimum absolute atomic E-state index is 0.133. The van der Waals surface area contributed by atoms with Crippen LogP contribution in [0.15, 0.2) is 66.7 Å². The van der Waals surface area contributed by atoms with Crippen LogP contribution in [-0.2, 0) is 0 Å². The average Bonchev–Trinajstić information content (AvgIpc) is 2.87. The lowest BCUT2D eigenvalue weighted by molar-refractivity contribution is -0.384. The summed E-state index contributed by atoms with van der Waals surface area (Å²) in [6, 6.07) is 14.8. The van der Waals surface area contributed by atoms with Crippen molar-refractivity contribution in [3.63, 3.8) is 0 Å². The van der Waals surface area contributed by atoms with Gasteiger partial charge in [0, 0.05) is 12.1 Å². The number of hydrogen-bond acceptors (Lipinski definition) is 8. The Hall–Kier alpha value is -4.66.